The molecule has 0 unspecified atom stereocenters. The number of imidazole rings is 1. The smallest absolute Gasteiger partial charge is 0.299 e. The molecule has 0 amide bonds. The van der Waals surface area contributed by atoms with Gasteiger partial charge in [0.25, 0.3) is 0 Å². The molecule has 1 heterocycles. The molecule has 3 nitrogen and oxygen atoms in total. The number of nitrogens with zero attached hydrogens (tertiary/aromatic N) is 2. The van der Waals surface area contributed by atoms with Gasteiger partial charge in [0, 0.05) is 31.4 Å². The summed E-state index contributed by atoms with van der Waals surface area (Å²) in [7, 11) is 0. The van der Waals surface area contributed by atoms with E-state index in [0.717, 1.165) is 51.1 Å². The monoisotopic (exact) mass is 244 g/mol. The Morgan fingerprint density at radius 2 is 1.69 bits per heavy atom. The Labute approximate surface area is 102 Å². The fourth-order valence-electron chi connectivity index (χ4n) is 1.76. The van der Waals surface area contributed by atoms with Gasteiger partial charge in [-0.05, 0) is 19.3 Å². The minimum absolute atomic E-state index is 0.124. The van der Waals surface area contributed by atoms with E-state index >= 15 is 0 Å². The zero-order valence-electron chi connectivity index (χ0n) is 9.99. The van der Waals surface area contributed by atoms with Gasteiger partial charge in [-0.25, -0.2) is 4.79 Å². The Morgan fingerprint density at radius 3 is 2.31 bits per heavy atom. The molecule has 0 aliphatic rings. The molecule has 16 heavy (non-hydrogen) atoms. The summed E-state index contributed by atoms with van der Waals surface area (Å²) in [5.74, 6) is 0.743. The average molecular weight is 245 g/mol. The minimum atomic E-state index is 0.124. The molecule has 0 fully saturated rings. The second-order valence-corrected chi connectivity index (χ2v) is 4.45. The Kier molecular flexibility index (Phi) is 6.31. The Morgan fingerprint density at radius 1 is 1.06 bits per heavy atom. The third-order valence-corrected chi connectivity index (χ3v) is 2.93. The molecule has 4 heteroatoms. The molecule has 0 radical (unpaired) electrons. The number of alkyl halides is 1. The highest BCUT2D eigenvalue weighted by molar-refractivity contribution is 6.17. The van der Waals surface area contributed by atoms with Crippen molar-refractivity contribution < 1.29 is 0 Å². The molecular formula is C12H21ClN2O. The molecule has 92 valence electrons. The van der Waals surface area contributed by atoms with E-state index in [9.17, 15) is 4.79 Å². The van der Waals surface area contributed by atoms with Crippen molar-refractivity contribution in [3.05, 3.63) is 22.9 Å². The van der Waals surface area contributed by atoms with Gasteiger partial charge in [-0.15, -0.1) is 11.6 Å². The van der Waals surface area contributed by atoms with Gasteiger partial charge in [-0.3, -0.25) is 9.13 Å². The molecule has 0 N–H and O–H groups in total. The number of aryl methyl sites for hydroxylation is 2. The van der Waals surface area contributed by atoms with Gasteiger partial charge in [-0.1, -0.05) is 19.8 Å². The molecule has 1 rings (SSSR count). The van der Waals surface area contributed by atoms with Crippen LogP contribution in [0.15, 0.2) is 17.2 Å². The fourth-order valence-corrected chi connectivity index (χ4v) is 1.95. The summed E-state index contributed by atoms with van der Waals surface area (Å²) in [6, 6.07) is 0. The Bertz CT molecular complexity index is 343. The summed E-state index contributed by atoms with van der Waals surface area (Å²) in [5, 5.41) is 0. The number of halogens is 1. The van der Waals surface area contributed by atoms with E-state index in [-0.39, 0.29) is 5.69 Å². The van der Waals surface area contributed by atoms with Crippen molar-refractivity contribution in [1.29, 1.82) is 0 Å². The summed E-state index contributed by atoms with van der Waals surface area (Å²) in [5.41, 5.74) is 0.124. The van der Waals surface area contributed by atoms with Crippen LogP contribution in [0.25, 0.3) is 0 Å². The topological polar surface area (TPSA) is 26.9 Å². The van der Waals surface area contributed by atoms with Crippen molar-refractivity contribution >= 4 is 11.6 Å². The lowest BCUT2D eigenvalue weighted by molar-refractivity contribution is 0.552. The lowest BCUT2D eigenvalue weighted by atomic mass is 10.2. The van der Waals surface area contributed by atoms with Crippen molar-refractivity contribution in [2.24, 2.45) is 0 Å². The number of hydrogen-bond acceptors (Lipinski definition) is 1. The zero-order chi connectivity index (χ0) is 11.8. The van der Waals surface area contributed by atoms with E-state index in [1.807, 2.05) is 12.4 Å². The second-order valence-electron chi connectivity index (χ2n) is 4.07. The quantitative estimate of drug-likeness (QED) is 0.510. The fraction of sp³-hybridized carbons (Fsp3) is 0.750. The maximum absolute atomic E-state index is 11.8. The van der Waals surface area contributed by atoms with Crippen LogP contribution in [0.4, 0.5) is 0 Å². The first-order valence-electron chi connectivity index (χ1n) is 6.11. The minimum Gasteiger partial charge on any atom is -0.299 e. The van der Waals surface area contributed by atoms with Crippen LogP contribution >= 0.6 is 11.6 Å². The molecule has 0 spiro atoms. The SMILES string of the molecule is CCCn1ccn(CCCCCCCl)c1=O. The summed E-state index contributed by atoms with van der Waals surface area (Å²) < 4.78 is 3.58. The molecule has 0 saturated carbocycles. The average Bonchev–Trinajstić information content (AvgIpc) is 2.62. The highest BCUT2D eigenvalue weighted by atomic mass is 35.5. The maximum Gasteiger partial charge on any atom is 0.328 e. The predicted molar refractivity (Wildman–Crippen MR) is 68.2 cm³/mol. The van der Waals surface area contributed by atoms with Crippen molar-refractivity contribution in [2.45, 2.75) is 52.1 Å². The van der Waals surface area contributed by atoms with Crippen LogP contribution < -0.4 is 5.69 Å². The molecule has 0 aliphatic heterocycles. The molecule has 0 aliphatic carbocycles. The third kappa shape index (κ3) is 4.05. The number of aromatic nitrogens is 2. The third-order valence-electron chi connectivity index (χ3n) is 2.67. The van der Waals surface area contributed by atoms with E-state index in [1.165, 1.54) is 0 Å². The Balaban J connectivity index is 2.34. The van der Waals surface area contributed by atoms with Gasteiger partial charge >= 0.3 is 5.69 Å². The van der Waals surface area contributed by atoms with Crippen molar-refractivity contribution in [3.8, 4) is 0 Å². The van der Waals surface area contributed by atoms with Gasteiger partial charge in [0.15, 0.2) is 0 Å². The highest BCUT2D eigenvalue weighted by Gasteiger charge is 2.01. The van der Waals surface area contributed by atoms with E-state index < -0.39 is 0 Å². The molecule has 1 aromatic rings. The molecular weight excluding hydrogens is 224 g/mol. The van der Waals surface area contributed by atoms with Crippen molar-refractivity contribution in [1.82, 2.24) is 9.13 Å². The highest BCUT2D eigenvalue weighted by Crippen LogP contribution is 2.02. The Hall–Kier alpha value is -0.700. The van der Waals surface area contributed by atoms with E-state index in [4.69, 9.17) is 11.6 Å². The molecule has 0 atom stereocenters. The lowest BCUT2D eigenvalue weighted by Gasteiger charge is -2.01. The van der Waals surface area contributed by atoms with E-state index in [1.54, 1.807) is 9.13 Å². The van der Waals surface area contributed by atoms with Crippen LogP contribution in [0.5, 0.6) is 0 Å². The maximum atomic E-state index is 11.8. The van der Waals surface area contributed by atoms with Crippen LogP contribution in [0.1, 0.15) is 39.0 Å². The number of rotatable bonds is 8. The van der Waals surface area contributed by atoms with Gasteiger partial charge in [0.1, 0.15) is 0 Å². The van der Waals surface area contributed by atoms with E-state index in [2.05, 4.69) is 6.92 Å². The molecule has 0 bridgehead atoms. The first kappa shape index (κ1) is 13.4. The number of unbranched alkanes of at least 4 members (excludes halogenated alkanes) is 3. The normalized spacial score (nSPS) is 10.9. The van der Waals surface area contributed by atoms with Crippen LogP contribution in [-0.4, -0.2) is 15.0 Å². The molecule has 0 saturated heterocycles. The first-order chi connectivity index (χ1) is 7.79. The summed E-state index contributed by atoms with van der Waals surface area (Å²) in [6.45, 7) is 3.73. The largest absolute Gasteiger partial charge is 0.328 e. The van der Waals surface area contributed by atoms with Gasteiger partial charge in [0.05, 0.1) is 0 Å². The second kappa shape index (κ2) is 7.55. The molecule has 1 aromatic heterocycles. The summed E-state index contributed by atoms with van der Waals surface area (Å²) in [6.07, 6.45) is 9.22. The van der Waals surface area contributed by atoms with Crippen molar-refractivity contribution in [2.75, 3.05) is 5.88 Å². The van der Waals surface area contributed by atoms with Crippen molar-refractivity contribution in [3.63, 3.8) is 0 Å². The predicted octanol–water partition coefficient (Wildman–Crippen LogP) is 2.86. The zero-order valence-corrected chi connectivity index (χ0v) is 10.7. The van der Waals surface area contributed by atoms with Gasteiger partial charge in [0.2, 0.25) is 0 Å². The van der Waals surface area contributed by atoms with E-state index in [0.29, 0.717) is 0 Å². The van der Waals surface area contributed by atoms with Gasteiger partial charge in [-0.2, -0.15) is 0 Å². The standard InChI is InChI=1S/C12H21ClN2O/c1-2-8-14-10-11-15(12(14)16)9-6-4-3-5-7-13/h10-11H,2-9H2,1H3. The van der Waals surface area contributed by atoms with Crippen LogP contribution in [0, 0.1) is 0 Å². The van der Waals surface area contributed by atoms with Gasteiger partial charge < -0.3 is 0 Å². The summed E-state index contributed by atoms with van der Waals surface area (Å²) >= 11 is 5.60. The molecule has 0 aromatic carbocycles. The first-order valence-corrected chi connectivity index (χ1v) is 6.64. The van der Waals surface area contributed by atoms with Crippen LogP contribution in [-0.2, 0) is 13.1 Å². The van der Waals surface area contributed by atoms with Crippen LogP contribution in [0.3, 0.4) is 0 Å². The number of hydrogen-bond donors (Lipinski definition) is 0. The lowest BCUT2D eigenvalue weighted by Crippen LogP contribution is -2.24. The summed E-state index contributed by atoms with van der Waals surface area (Å²) in [4.78, 5) is 11.8. The van der Waals surface area contributed by atoms with Crippen LogP contribution in [0.2, 0.25) is 0 Å².